The first kappa shape index (κ1) is 12.4. The molecule has 5 heteroatoms. The van der Waals surface area contributed by atoms with E-state index in [0.29, 0.717) is 11.3 Å². The molecule has 0 saturated carbocycles. The number of nitrogens with two attached hydrogens (primary N) is 1. The highest BCUT2D eigenvalue weighted by molar-refractivity contribution is 9.10. The molecule has 2 aromatic carbocycles. The SMILES string of the molecule is N/C(=N/O)c1ccc(Oc2ccccc2)c(Br)c1. The van der Waals surface area contributed by atoms with Crippen LogP contribution in [0.1, 0.15) is 5.56 Å². The van der Waals surface area contributed by atoms with E-state index < -0.39 is 0 Å². The average Bonchev–Trinajstić information content (AvgIpc) is 2.41. The molecular weight excluding hydrogens is 296 g/mol. The number of rotatable bonds is 3. The minimum absolute atomic E-state index is 0.0574. The zero-order valence-corrected chi connectivity index (χ0v) is 11.0. The van der Waals surface area contributed by atoms with Gasteiger partial charge in [0.25, 0.3) is 0 Å². The summed E-state index contributed by atoms with van der Waals surface area (Å²) in [5.41, 5.74) is 6.12. The fourth-order valence-corrected chi connectivity index (χ4v) is 1.88. The molecule has 0 heterocycles. The van der Waals surface area contributed by atoms with Crippen molar-refractivity contribution in [3.05, 3.63) is 58.6 Å². The molecule has 0 aliphatic rings. The van der Waals surface area contributed by atoms with Crippen molar-refractivity contribution in [2.75, 3.05) is 0 Å². The lowest BCUT2D eigenvalue weighted by Crippen LogP contribution is -2.12. The van der Waals surface area contributed by atoms with Crippen molar-refractivity contribution in [1.29, 1.82) is 0 Å². The maximum Gasteiger partial charge on any atom is 0.170 e. The Balaban J connectivity index is 2.26. The first-order valence-corrected chi connectivity index (χ1v) is 6.00. The van der Waals surface area contributed by atoms with Crippen LogP contribution in [0.25, 0.3) is 0 Å². The summed E-state index contributed by atoms with van der Waals surface area (Å²) in [6.45, 7) is 0. The van der Waals surface area contributed by atoms with E-state index in [1.165, 1.54) is 0 Å². The molecule has 0 atom stereocenters. The van der Waals surface area contributed by atoms with Crippen LogP contribution in [0.2, 0.25) is 0 Å². The van der Waals surface area contributed by atoms with E-state index in [1.807, 2.05) is 30.3 Å². The smallest absolute Gasteiger partial charge is 0.170 e. The largest absolute Gasteiger partial charge is 0.456 e. The summed E-state index contributed by atoms with van der Waals surface area (Å²) in [6, 6.07) is 14.6. The second kappa shape index (κ2) is 5.55. The predicted octanol–water partition coefficient (Wildman–Crippen LogP) is 3.34. The summed E-state index contributed by atoms with van der Waals surface area (Å²) in [4.78, 5) is 0. The van der Waals surface area contributed by atoms with Crippen LogP contribution in [0.4, 0.5) is 0 Å². The Kier molecular flexibility index (Phi) is 3.84. The van der Waals surface area contributed by atoms with Gasteiger partial charge >= 0.3 is 0 Å². The minimum Gasteiger partial charge on any atom is -0.456 e. The van der Waals surface area contributed by atoms with E-state index in [-0.39, 0.29) is 5.84 Å². The van der Waals surface area contributed by atoms with Gasteiger partial charge in [0.05, 0.1) is 4.47 Å². The third kappa shape index (κ3) is 2.81. The van der Waals surface area contributed by atoms with Gasteiger partial charge in [-0.05, 0) is 46.3 Å². The van der Waals surface area contributed by atoms with Gasteiger partial charge < -0.3 is 15.7 Å². The average molecular weight is 307 g/mol. The van der Waals surface area contributed by atoms with Gasteiger partial charge in [0.1, 0.15) is 11.5 Å². The molecule has 0 amide bonds. The molecule has 0 bridgehead atoms. The van der Waals surface area contributed by atoms with Gasteiger partial charge in [-0.2, -0.15) is 0 Å². The molecule has 0 aromatic heterocycles. The van der Waals surface area contributed by atoms with E-state index in [9.17, 15) is 0 Å². The number of hydrogen-bond donors (Lipinski definition) is 2. The second-order valence-electron chi connectivity index (χ2n) is 3.55. The lowest BCUT2D eigenvalue weighted by Gasteiger charge is -2.08. The molecule has 0 radical (unpaired) electrons. The lowest BCUT2D eigenvalue weighted by molar-refractivity contribution is 0.318. The van der Waals surface area contributed by atoms with Gasteiger partial charge in [-0.15, -0.1) is 0 Å². The normalized spacial score (nSPS) is 11.3. The van der Waals surface area contributed by atoms with Crippen LogP contribution < -0.4 is 10.5 Å². The van der Waals surface area contributed by atoms with Crippen LogP contribution in [-0.2, 0) is 0 Å². The maximum atomic E-state index is 8.60. The fraction of sp³-hybridized carbons (Fsp3) is 0. The van der Waals surface area contributed by atoms with Gasteiger partial charge in [0.15, 0.2) is 5.84 Å². The van der Waals surface area contributed by atoms with Crippen LogP contribution in [0.5, 0.6) is 11.5 Å². The predicted molar refractivity (Wildman–Crippen MR) is 73.2 cm³/mol. The number of hydrogen-bond acceptors (Lipinski definition) is 3. The van der Waals surface area contributed by atoms with Crippen molar-refractivity contribution in [3.8, 4) is 11.5 Å². The molecule has 0 saturated heterocycles. The molecule has 3 N–H and O–H groups in total. The van der Waals surface area contributed by atoms with Gasteiger partial charge in [-0.25, -0.2) is 0 Å². The molecule has 18 heavy (non-hydrogen) atoms. The molecular formula is C13H11BrN2O2. The number of nitrogens with zero attached hydrogens (tertiary/aromatic N) is 1. The summed E-state index contributed by atoms with van der Waals surface area (Å²) in [7, 11) is 0. The number of oxime groups is 1. The Labute approximate surface area is 113 Å². The third-order valence-corrected chi connectivity index (χ3v) is 2.93. The summed E-state index contributed by atoms with van der Waals surface area (Å²) < 4.78 is 6.42. The van der Waals surface area contributed by atoms with Crippen molar-refractivity contribution in [2.24, 2.45) is 10.9 Å². The molecule has 0 aliphatic carbocycles. The summed E-state index contributed by atoms with van der Waals surface area (Å²) in [5, 5.41) is 11.5. The van der Waals surface area contributed by atoms with Crippen molar-refractivity contribution in [3.63, 3.8) is 0 Å². The molecule has 2 rings (SSSR count). The van der Waals surface area contributed by atoms with E-state index in [0.717, 1.165) is 10.2 Å². The quantitative estimate of drug-likeness (QED) is 0.395. The van der Waals surface area contributed by atoms with Crippen molar-refractivity contribution in [1.82, 2.24) is 0 Å². The Morgan fingerprint density at radius 2 is 1.89 bits per heavy atom. The first-order valence-electron chi connectivity index (χ1n) is 5.21. The van der Waals surface area contributed by atoms with Gasteiger partial charge in [0.2, 0.25) is 0 Å². The van der Waals surface area contributed by atoms with E-state index >= 15 is 0 Å². The standard InChI is InChI=1S/C13H11BrN2O2/c14-11-8-9(13(15)16-17)6-7-12(11)18-10-4-2-1-3-5-10/h1-8,17H,(H2,15,16). The Hall–Kier alpha value is -2.01. The number of halogens is 1. The van der Waals surface area contributed by atoms with Gasteiger partial charge in [-0.3, -0.25) is 0 Å². The number of benzene rings is 2. The summed E-state index contributed by atoms with van der Waals surface area (Å²) in [6.07, 6.45) is 0. The van der Waals surface area contributed by atoms with Crippen molar-refractivity contribution >= 4 is 21.8 Å². The van der Waals surface area contributed by atoms with E-state index in [1.54, 1.807) is 18.2 Å². The number of amidine groups is 1. The number of ether oxygens (including phenoxy) is 1. The zero-order valence-electron chi connectivity index (χ0n) is 9.38. The van der Waals surface area contributed by atoms with Crippen LogP contribution in [0, 0.1) is 0 Å². The monoisotopic (exact) mass is 306 g/mol. The Bertz CT molecular complexity index is 570. The van der Waals surface area contributed by atoms with Crippen LogP contribution in [0.15, 0.2) is 58.2 Å². The third-order valence-electron chi connectivity index (χ3n) is 2.31. The highest BCUT2D eigenvalue weighted by atomic mass is 79.9. The molecule has 92 valence electrons. The minimum atomic E-state index is 0.0574. The van der Waals surface area contributed by atoms with Crippen LogP contribution in [0.3, 0.4) is 0 Å². The van der Waals surface area contributed by atoms with Crippen molar-refractivity contribution < 1.29 is 9.94 Å². The Morgan fingerprint density at radius 3 is 2.50 bits per heavy atom. The van der Waals surface area contributed by atoms with E-state index in [2.05, 4.69) is 21.1 Å². The van der Waals surface area contributed by atoms with Gasteiger partial charge in [0, 0.05) is 5.56 Å². The molecule has 4 nitrogen and oxygen atoms in total. The summed E-state index contributed by atoms with van der Waals surface area (Å²) >= 11 is 3.38. The molecule has 0 fully saturated rings. The molecule has 2 aromatic rings. The van der Waals surface area contributed by atoms with Crippen LogP contribution >= 0.6 is 15.9 Å². The zero-order chi connectivity index (χ0) is 13.0. The fourth-order valence-electron chi connectivity index (χ4n) is 1.42. The van der Waals surface area contributed by atoms with Crippen molar-refractivity contribution in [2.45, 2.75) is 0 Å². The molecule has 0 unspecified atom stereocenters. The maximum absolute atomic E-state index is 8.60. The molecule has 0 spiro atoms. The first-order chi connectivity index (χ1) is 8.70. The molecule has 0 aliphatic heterocycles. The Morgan fingerprint density at radius 1 is 1.17 bits per heavy atom. The highest BCUT2D eigenvalue weighted by Crippen LogP contribution is 2.30. The summed E-state index contributed by atoms with van der Waals surface area (Å²) in [5.74, 6) is 1.47. The van der Waals surface area contributed by atoms with E-state index in [4.69, 9.17) is 15.7 Å². The van der Waals surface area contributed by atoms with Crippen LogP contribution in [-0.4, -0.2) is 11.0 Å². The second-order valence-corrected chi connectivity index (χ2v) is 4.40. The topological polar surface area (TPSA) is 67.8 Å². The highest BCUT2D eigenvalue weighted by Gasteiger charge is 2.06. The number of para-hydroxylation sites is 1. The lowest BCUT2D eigenvalue weighted by atomic mass is 10.2. The van der Waals surface area contributed by atoms with Gasteiger partial charge in [-0.1, -0.05) is 23.4 Å².